The van der Waals surface area contributed by atoms with Crippen molar-refractivity contribution in [1.82, 2.24) is 4.98 Å². The van der Waals surface area contributed by atoms with Crippen molar-refractivity contribution in [3.8, 4) is 11.6 Å². The second-order valence-electron chi connectivity index (χ2n) is 3.83. The number of nitrogens with two attached hydrogens (primary N) is 1. The van der Waals surface area contributed by atoms with Crippen molar-refractivity contribution in [2.24, 2.45) is 5.73 Å². The van der Waals surface area contributed by atoms with E-state index in [1.54, 1.807) is 13.0 Å². The Morgan fingerprint density at radius 1 is 1.22 bits per heavy atom. The van der Waals surface area contributed by atoms with Crippen LogP contribution in [0.3, 0.4) is 0 Å². The van der Waals surface area contributed by atoms with E-state index in [1.165, 1.54) is 18.2 Å². The van der Waals surface area contributed by atoms with Crippen LogP contribution in [0.1, 0.15) is 11.1 Å². The molecule has 0 saturated heterocycles. The molecule has 0 fully saturated rings. The van der Waals surface area contributed by atoms with Crippen LogP contribution in [0.5, 0.6) is 11.6 Å². The van der Waals surface area contributed by atoms with E-state index in [4.69, 9.17) is 10.5 Å². The third-order valence-corrected chi connectivity index (χ3v) is 2.47. The van der Waals surface area contributed by atoms with Crippen LogP contribution in [0.15, 0.2) is 30.5 Å². The average molecular weight is 250 g/mol. The lowest BCUT2D eigenvalue weighted by atomic mass is 10.2. The van der Waals surface area contributed by atoms with Crippen molar-refractivity contribution in [1.29, 1.82) is 0 Å². The minimum atomic E-state index is -0.487. The molecule has 1 heterocycles. The van der Waals surface area contributed by atoms with Gasteiger partial charge in [-0.2, -0.15) is 0 Å². The van der Waals surface area contributed by atoms with E-state index in [0.717, 1.165) is 11.8 Å². The second kappa shape index (κ2) is 5.10. The maximum Gasteiger partial charge on any atom is 0.223 e. The fraction of sp³-hybridized carbons (Fsp3) is 0.154. The summed E-state index contributed by atoms with van der Waals surface area (Å²) in [6.07, 6.45) is 1.03. The molecule has 0 aliphatic heterocycles. The van der Waals surface area contributed by atoms with E-state index < -0.39 is 11.6 Å². The SMILES string of the molecule is Cc1ccc(F)cc1Oc1ncc(F)cc1CN. The smallest absolute Gasteiger partial charge is 0.223 e. The minimum Gasteiger partial charge on any atom is -0.438 e. The van der Waals surface area contributed by atoms with Crippen molar-refractivity contribution in [3.05, 3.63) is 53.2 Å². The van der Waals surface area contributed by atoms with Crippen molar-refractivity contribution < 1.29 is 13.5 Å². The molecule has 2 rings (SSSR count). The first kappa shape index (κ1) is 12.4. The number of aryl methyl sites for hydroxylation is 1. The predicted molar refractivity (Wildman–Crippen MR) is 63.3 cm³/mol. The fourth-order valence-corrected chi connectivity index (χ4v) is 1.49. The van der Waals surface area contributed by atoms with Gasteiger partial charge in [0.15, 0.2) is 0 Å². The average Bonchev–Trinajstić information content (AvgIpc) is 2.36. The number of rotatable bonds is 3. The minimum absolute atomic E-state index is 0.0917. The molecule has 5 heteroatoms. The van der Waals surface area contributed by atoms with Crippen molar-refractivity contribution in [3.63, 3.8) is 0 Å². The Morgan fingerprint density at radius 2 is 2.00 bits per heavy atom. The van der Waals surface area contributed by atoms with Gasteiger partial charge in [-0.3, -0.25) is 0 Å². The number of hydrogen-bond acceptors (Lipinski definition) is 3. The van der Waals surface area contributed by atoms with Crippen LogP contribution < -0.4 is 10.5 Å². The third-order valence-electron chi connectivity index (χ3n) is 2.47. The number of benzene rings is 1. The summed E-state index contributed by atoms with van der Waals surface area (Å²) in [5.74, 6) is -0.373. The van der Waals surface area contributed by atoms with E-state index in [1.807, 2.05) is 0 Å². The molecule has 0 aliphatic rings. The molecular formula is C13H12F2N2O. The number of nitrogens with zero attached hydrogens (tertiary/aromatic N) is 1. The van der Waals surface area contributed by atoms with Gasteiger partial charge >= 0.3 is 0 Å². The zero-order chi connectivity index (χ0) is 13.1. The van der Waals surface area contributed by atoms with Crippen LogP contribution in [0.25, 0.3) is 0 Å². The van der Waals surface area contributed by atoms with Gasteiger partial charge in [-0.05, 0) is 24.6 Å². The summed E-state index contributed by atoms with van der Waals surface area (Å²) in [5.41, 5.74) is 6.66. The molecule has 0 atom stereocenters. The predicted octanol–water partition coefficient (Wildman–Crippen LogP) is 2.92. The lowest BCUT2D eigenvalue weighted by molar-refractivity contribution is 0.444. The Kier molecular flexibility index (Phi) is 3.53. The Bertz CT molecular complexity index is 573. The first-order valence-electron chi connectivity index (χ1n) is 5.38. The topological polar surface area (TPSA) is 48.1 Å². The maximum absolute atomic E-state index is 13.1. The Balaban J connectivity index is 2.36. The summed E-state index contributed by atoms with van der Waals surface area (Å²) < 4.78 is 31.6. The van der Waals surface area contributed by atoms with Crippen LogP contribution >= 0.6 is 0 Å². The van der Waals surface area contributed by atoms with E-state index >= 15 is 0 Å². The lowest BCUT2D eigenvalue weighted by Crippen LogP contribution is -2.02. The summed E-state index contributed by atoms with van der Waals surface area (Å²) in [5, 5.41) is 0. The third kappa shape index (κ3) is 2.62. The first-order chi connectivity index (χ1) is 8.60. The van der Waals surface area contributed by atoms with Gasteiger partial charge in [-0.15, -0.1) is 0 Å². The molecular weight excluding hydrogens is 238 g/mol. The first-order valence-corrected chi connectivity index (χ1v) is 5.38. The Labute approximate surface area is 103 Å². The molecule has 0 bridgehead atoms. The van der Waals surface area contributed by atoms with Crippen molar-refractivity contribution in [2.45, 2.75) is 13.5 Å². The summed E-state index contributed by atoms with van der Waals surface area (Å²) in [6, 6.07) is 5.43. The van der Waals surface area contributed by atoms with Gasteiger partial charge in [0, 0.05) is 18.2 Å². The van der Waals surface area contributed by atoms with Crippen molar-refractivity contribution >= 4 is 0 Å². The van der Waals surface area contributed by atoms with Gasteiger partial charge in [0.1, 0.15) is 17.4 Å². The summed E-state index contributed by atoms with van der Waals surface area (Å²) in [6.45, 7) is 1.87. The molecule has 0 unspecified atom stereocenters. The number of halogens is 2. The zero-order valence-electron chi connectivity index (χ0n) is 9.78. The highest BCUT2D eigenvalue weighted by atomic mass is 19.1. The number of ether oxygens (including phenoxy) is 1. The molecule has 94 valence electrons. The summed E-state index contributed by atoms with van der Waals surface area (Å²) in [4.78, 5) is 3.82. The van der Waals surface area contributed by atoms with Crippen LogP contribution in [0.2, 0.25) is 0 Å². The molecule has 0 aliphatic carbocycles. The van der Waals surface area contributed by atoms with Crippen molar-refractivity contribution in [2.75, 3.05) is 0 Å². The number of aromatic nitrogens is 1. The molecule has 3 nitrogen and oxygen atoms in total. The highest BCUT2D eigenvalue weighted by Crippen LogP contribution is 2.26. The largest absolute Gasteiger partial charge is 0.438 e. The number of hydrogen-bond donors (Lipinski definition) is 1. The molecule has 18 heavy (non-hydrogen) atoms. The van der Waals surface area contributed by atoms with Gasteiger partial charge in [0.2, 0.25) is 5.88 Å². The molecule has 1 aromatic carbocycles. The van der Waals surface area contributed by atoms with Crippen LogP contribution in [-0.2, 0) is 6.54 Å². The van der Waals surface area contributed by atoms with Gasteiger partial charge in [-0.1, -0.05) is 6.07 Å². The van der Waals surface area contributed by atoms with E-state index in [9.17, 15) is 8.78 Å². The number of pyridine rings is 1. The Morgan fingerprint density at radius 3 is 2.72 bits per heavy atom. The molecule has 0 spiro atoms. The quantitative estimate of drug-likeness (QED) is 0.911. The van der Waals surface area contributed by atoms with Gasteiger partial charge in [-0.25, -0.2) is 13.8 Å². The molecule has 1 aromatic heterocycles. The molecule has 2 aromatic rings. The van der Waals surface area contributed by atoms with Gasteiger partial charge in [0.25, 0.3) is 0 Å². The van der Waals surface area contributed by atoms with Gasteiger partial charge < -0.3 is 10.5 Å². The lowest BCUT2D eigenvalue weighted by Gasteiger charge is -2.10. The van der Waals surface area contributed by atoms with Crippen LogP contribution in [0, 0.1) is 18.6 Å². The van der Waals surface area contributed by atoms with Crippen LogP contribution in [0.4, 0.5) is 8.78 Å². The van der Waals surface area contributed by atoms with Gasteiger partial charge in [0.05, 0.1) is 6.20 Å². The zero-order valence-corrected chi connectivity index (χ0v) is 9.78. The second-order valence-corrected chi connectivity index (χ2v) is 3.83. The van der Waals surface area contributed by atoms with E-state index in [-0.39, 0.29) is 12.4 Å². The fourth-order valence-electron chi connectivity index (χ4n) is 1.49. The van der Waals surface area contributed by atoms with E-state index in [2.05, 4.69) is 4.98 Å². The standard InChI is InChI=1S/C13H12F2N2O/c1-8-2-3-10(14)5-12(8)18-13-9(6-16)4-11(15)7-17-13/h2-5,7H,6,16H2,1H3. The molecule has 0 amide bonds. The van der Waals surface area contributed by atoms with E-state index in [0.29, 0.717) is 11.3 Å². The molecule has 0 radical (unpaired) electrons. The molecule has 0 saturated carbocycles. The normalized spacial score (nSPS) is 10.4. The Hall–Kier alpha value is -2.01. The summed E-state index contributed by atoms with van der Waals surface area (Å²) >= 11 is 0. The summed E-state index contributed by atoms with van der Waals surface area (Å²) in [7, 11) is 0. The maximum atomic E-state index is 13.1. The highest BCUT2D eigenvalue weighted by molar-refractivity contribution is 5.37. The monoisotopic (exact) mass is 250 g/mol. The highest BCUT2D eigenvalue weighted by Gasteiger charge is 2.09. The van der Waals surface area contributed by atoms with Crippen LogP contribution in [-0.4, -0.2) is 4.98 Å². The molecule has 2 N–H and O–H groups in total.